The highest BCUT2D eigenvalue weighted by Gasteiger charge is 2.22. The Labute approximate surface area is 115 Å². The molecule has 18 heavy (non-hydrogen) atoms. The maximum atomic E-state index is 11.0. The second kappa shape index (κ2) is 5.80. The van der Waals surface area contributed by atoms with E-state index in [1.165, 1.54) is 12.8 Å². The Hall–Kier alpha value is -0.940. The summed E-state index contributed by atoms with van der Waals surface area (Å²) in [5.41, 5.74) is 0.999. The molecule has 4 nitrogen and oxygen atoms in total. The van der Waals surface area contributed by atoms with Gasteiger partial charge in [-0.05, 0) is 31.4 Å². The van der Waals surface area contributed by atoms with Crippen LogP contribution in [0.4, 0.5) is 5.69 Å². The minimum atomic E-state index is -0.298. The van der Waals surface area contributed by atoms with Crippen LogP contribution in [0.2, 0.25) is 0 Å². The van der Waals surface area contributed by atoms with Gasteiger partial charge < -0.3 is 0 Å². The van der Waals surface area contributed by atoms with Gasteiger partial charge in [-0.2, -0.15) is 0 Å². The SMILES string of the molecule is CC1CCCN(Cc2c(Br)cccc2[N+](=O)[O-])C1. The smallest absolute Gasteiger partial charge is 0.275 e. The average Bonchev–Trinajstić information content (AvgIpc) is 2.31. The maximum absolute atomic E-state index is 11.0. The monoisotopic (exact) mass is 312 g/mol. The lowest BCUT2D eigenvalue weighted by Gasteiger charge is -2.30. The van der Waals surface area contributed by atoms with Gasteiger partial charge in [-0.25, -0.2) is 0 Å². The molecule has 0 radical (unpaired) electrons. The molecular formula is C13H17BrN2O2. The van der Waals surface area contributed by atoms with Gasteiger partial charge in [-0.1, -0.05) is 28.9 Å². The molecule has 0 aliphatic carbocycles. The minimum absolute atomic E-state index is 0.211. The van der Waals surface area contributed by atoms with Crippen molar-refractivity contribution in [2.24, 2.45) is 5.92 Å². The molecule has 0 saturated carbocycles. The van der Waals surface area contributed by atoms with Crippen molar-refractivity contribution >= 4 is 21.6 Å². The predicted octanol–water partition coefficient (Wildman–Crippen LogP) is 3.59. The van der Waals surface area contributed by atoms with Gasteiger partial charge in [-0.3, -0.25) is 15.0 Å². The Kier molecular flexibility index (Phi) is 4.35. The lowest BCUT2D eigenvalue weighted by atomic mass is 9.99. The van der Waals surface area contributed by atoms with E-state index in [0.29, 0.717) is 12.5 Å². The van der Waals surface area contributed by atoms with Crippen LogP contribution in [0.25, 0.3) is 0 Å². The molecule has 1 fully saturated rings. The van der Waals surface area contributed by atoms with Gasteiger partial charge in [-0.15, -0.1) is 0 Å². The summed E-state index contributed by atoms with van der Waals surface area (Å²) in [4.78, 5) is 13.1. The summed E-state index contributed by atoms with van der Waals surface area (Å²) in [6.45, 7) is 4.95. The van der Waals surface area contributed by atoms with Crippen molar-refractivity contribution in [1.29, 1.82) is 0 Å². The molecule has 1 aromatic carbocycles. The van der Waals surface area contributed by atoms with Crippen LogP contribution in [-0.2, 0) is 6.54 Å². The molecule has 1 unspecified atom stereocenters. The van der Waals surface area contributed by atoms with Gasteiger partial charge in [0.2, 0.25) is 0 Å². The van der Waals surface area contributed by atoms with Crippen LogP contribution in [-0.4, -0.2) is 22.9 Å². The Morgan fingerprint density at radius 1 is 1.56 bits per heavy atom. The van der Waals surface area contributed by atoms with E-state index in [1.807, 2.05) is 6.07 Å². The number of benzene rings is 1. The Bertz CT molecular complexity index is 451. The van der Waals surface area contributed by atoms with Gasteiger partial charge in [0, 0.05) is 23.6 Å². The molecule has 1 aromatic rings. The van der Waals surface area contributed by atoms with Gasteiger partial charge in [0.25, 0.3) is 5.69 Å². The second-order valence-corrected chi connectivity index (χ2v) is 5.83. The van der Waals surface area contributed by atoms with Crippen LogP contribution in [0.5, 0.6) is 0 Å². The second-order valence-electron chi connectivity index (χ2n) is 4.98. The topological polar surface area (TPSA) is 46.4 Å². The van der Waals surface area contributed by atoms with Crippen molar-refractivity contribution in [2.75, 3.05) is 13.1 Å². The molecule has 98 valence electrons. The van der Waals surface area contributed by atoms with Crippen LogP contribution in [0.15, 0.2) is 22.7 Å². The molecular weight excluding hydrogens is 296 g/mol. The molecule has 1 saturated heterocycles. The molecule has 0 aromatic heterocycles. The number of likely N-dealkylation sites (tertiary alicyclic amines) is 1. The summed E-state index contributed by atoms with van der Waals surface area (Å²) in [5, 5.41) is 11.0. The van der Waals surface area contributed by atoms with Gasteiger partial charge in [0.15, 0.2) is 0 Å². The zero-order chi connectivity index (χ0) is 13.1. The first-order valence-corrected chi connectivity index (χ1v) is 7.01. The van der Waals surface area contributed by atoms with Crippen LogP contribution >= 0.6 is 15.9 Å². The number of hydrogen-bond acceptors (Lipinski definition) is 3. The van der Waals surface area contributed by atoms with E-state index >= 15 is 0 Å². The largest absolute Gasteiger partial charge is 0.299 e. The maximum Gasteiger partial charge on any atom is 0.275 e. The summed E-state index contributed by atoms with van der Waals surface area (Å²) in [6.07, 6.45) is 2.44. The summed E-state index contributed by atoms with van der Waals surface area (Å²) >= 11 is 3.43. The molecule has 0 bridgehead atoms. The van der Waals surface area contributed by atoms with Crippen LogP contribution < -0.4 is 0 Å². The van der Waals surface area contributed by atoms with E-state index in [1.54, 1.807) is 12.1 Å². The highest BCUT2D eigenvalue weighted by molar-refractivity contribution is 9.10. The number of rotatable bonds is 3. The lowest BCUT2D eigenvalue weighted by Crippen LogP contribution is -2.34. The Balaban J connectivity index is 2.20. The minimum Gasteiger partial charge on any atom is -0.299 e. The van der Waals surface area contributed by atoms with Crippen LogP contribution in [0.3, 0.4) is 0 Å². The number of hydrogen-bond donors (Lipinski definition) is 0. The van der Waals surface area contributed by atoms with E-state index in [-0.39, 0.29) is 10.6 Å². The standard InChI is InChI=1S/C13H17BrN2O2/c1-10-4-3-7-15(8-10)9-11-12(14)5-2-6-13(11)16(17)18/h2,5-6,10H,3-4,7-9H2,1H3. The normalized spacial score (nSPS) is 20.9. The molecule has 2 rings (SSSR count). The summed E-state index contributed by atoms with van der Waals surface area (Å²) in [6, 6.07) is 5.16. The first-order valence-electron chi connectivity index (χ1n) is 6.22. The third kappa shape index (κ3) is 3.09. The quantitative estimate of drug-likeness (QED) is 0.633. The zero-order valence-electron chi connectivity index (χ0n) is 10.4. The zero-order valence-corrected chi connectivity index (χ0v) is 12.0. The number of nitro benzene ring substituents is 1. The molecule has 0 N–H and O–H groups in total. The highest BCUT2D eigenvalue weighted by atomic mass is 79.9. The molecule has 1 heterocycles. The van der Waals surface area contributed by atoms with Crippen LogP contribution in [0.1, 0.15) is 25.3 Å². The fraction of sp³-hybridized carbons (Fsp3) is 0.538. The highest BCUT2D eigenvalue weighted by Crippen LogP contribution is 2.29. The third-order valence-corrected chi connectivity index (χ3v) is 4.16. The van der Waals surface area contributed by atoms with Gasteiger partial charge >= 0.3 is 0 Å². The van der Waals surface area contributed by atoms with E-state index in [9.17, 15) is 10.1 Å². The first-order chi connectivity index (χ1) is 8.58. The van der Waals surface area contributed by atoms with Crippen molar-refractivity contribution < 1.29 is 4.92 Å². The molecule has 1 aliphatic heterocycles. The van der Waals surface area contributed by atoms with Crippen molar-refractivity contribution in [2.45, 2.75) is 26.3 Å². The number of halogens is 1. The summed E-state index contributed by atoms with van der Waals surface area (Å²) in [7, 11) is 0. The molecule has 0 amide bonds. The van der Waals surface area contributed by atoms with Crippen molar-refractivity contribution in [3.05, 3.63) is 38.3 Å². The van der Waals surface area contributed by atoms with E-state index in [4.69, 9.17) is 0 Å². The lowest BCUT2D eigenvalue weighted by molar-refractivity contribution is -0.385. The van der Waals surface area contributed by atoms with Crippen LogP contribution in [0, 0.1) is 16.0 Å². The summed E-state index contributed by atoms with van der Waals surface area (Å²) in [5.74, 6) is 0.681. The molecule has 1 atom stereocenters. The average molecular weight is 313 g/mol. The van der Waals surface area contributed by atoms with Crippen molar-refractivity contribution in [3.8, 4) is 0 Å². The van der Waals surface area contributed by atoms with Crippen molar-refractivity contribution in [1.82, 2.24) is 4.90 Å². The first kappa shape index (κ1) is 13.5. The van der Waals surface area contributed by atoms with Gasteiger partial charge in [0.05, 0.1) is 10.5 Å². The number of nitro groups is 1. The Morgan fingerprint density at radius 3 is 3.00 bits per heavy atom. The summed E-state index contributed by atoms with van der Waals surface area (Å²) < 4.78 is 0.829. The number of piperidine rings is 1. The third-order valence-electron chi connectivity index (χ3n) is 3.41. The molecule has 1 aliphatic rings. The molecule has 0 spiro atoms. The predicted molar refractivity (Wildman–Crippen MR) is 74.5 cm³/mol. The van der Waals surface area contributed by atoms with Gasteiger partial charge in [0.1, 0.15) is 0 Å². The number of nitrogens with zero attached hydrogens (tertiary/aromatic N) is 2. The fourth-order valence-corrected chi connectivity index (χ4v) is 3.01. The molecule has 5 heteroatoms. The fourth-order valence-electron chi connectivity index (χ4n) is 2.53. The van der Waals surface area contributed by atoms with E-state index < -0.39 is 0 Å². The van der Waals surface area contributed by atoms with Crippen molar-refractivity contribution in [3.63, 3.8) is 0 Å². The van der Waals surface area contributed by atoms with E-state index in [2.05, 4.69) is 27.8 Å². The van der Waals surface area contributed by atoms with E-state index in [0.717, 1.165) is 23.1 Å². The Morgan fingerprint density at radius 2 is 2.33 bits per heavy atom.